The van der Waals surface area contributed by atoms with Crippen molar-refractivity contribution in [3.63, 3.8) is 0 Å². The standard InChI is InChI=1S/C22H29F3N6/c1-26-21(28-13-17-8-10-27-20(12-17)30(2)3)29-19-9-11-31(15-19)14-16-4-6-18(7-5-16)22(23,24)25/h4-8,10,12,19H,9,11,13-15H2,1-3H3,(H2,26,28,29). The maximum absolute atomic E-state index is 12.7. The van der Waals surface area contributed by atoms with E-state index in [-0.39, 0.29) is 6.04 Å². The van der Waals surface area contributed by atoms with Gasteiger partial charge in [0.1, 0.15) is 5.82 Å². The van der Waals surface area contributed by atoms with Crippen molar-refractivity contribution < 1.29 is 13.2 Å². The molecule has 0 amide bonds. The molecule has 2 heterocycles. The van der Waals surface area contributed by atoms with Crippen LogP contribution >= 0.6 is 0 Å². The average Bonchev–Trinajstić information content (AvgIpc) is 3.17. The van der Waals surface area contributed by atoms with Gasteiger partial charge in [0, 0.05) is 59.6 Å². The number of alkyl halides is 3. The summed E-state index contributed by atoms with van der Waals surface area (Å²) in [5.74, 6) is 1.63. The molecule has 6 nitrogen and oxygen atoms in total. The summed E-state index contributed by atoms with van der Waals surface area (Å²) in [6, 6.07) is 9.63. The summed E-state index contributed by atoms with van der Waals surface area (Å²) in [6.07, 6.45) is -1.56. The number of guanidine groups is 1. The Morgan fingerprint density at radius 2 is 1.94 bits per heavy atom. The van der Waals surface area contributed by atoms with Crippen molar-refractivity contribution in [2.24, 2.45) is 4.99 Å². The lowest BCUT2D eigenvalue weighted by Gasteiger charge is -2.19. The van der Waals surface area contributed by atoms with E-state index >= 15 is 0 Å². The van der Waals surface area contributed by atoms with Crippen molar-refractivity contribution in [1.29, 1.82) is 0 Å². The summed E-state index contributed by atoms with van der Waals surface area (Å²) >= 11 is 0. The number of benzene rings is 1. The van der Waals surface area contributed by atoms with Crippen molar-refractivity contribution in [2.75, 3.05) is 39.1 Å². The van der Waals surface area contributed by atoms with Gasteiger partial charge < -0.3 is 15.5 Å². The largest absolute Gasteiger partial charge is 0.416 e. The molecule has 0 radical (unpaired) electrons. The van der Waals surface area contributed by atoms with Crippen molar-refractivity contribution in [3.05, 3.63) is 59.3 Å². The summed E-state index contributed by atoms with van der Waals surface area (Å²) < 4.78 is 38.1. The number of nitrogens with zero attached hydrogens (tertiary/aromatic N) is 4. The predicted octanol–water partition coefficient (Wildman–Crippen LogP) is 3.11. The van der Waals surface area contributed by atoms with Crippen LogP contribution in [0.1, 0.15) is 23.1 Å². The van der Waals surface area contributed by atoms with Crippen LogP contribution in [0.15, 0.2) is 47.6 Å². The molecule has 1 aliphatic rings. The fourth-order valence-corrected chi connectivity index (χ4v) is 3.54. The first-order chi connectivity index (χ1) is 14.7. The molecule has 0 spiro atoms. The minimum atomic E-state index is -4.30. The summed E-state index contributed by atoms with van der Waals surface area (Å²) in [7, 11) is 5.65. The van der Waals surface area contributed by atoms with Gasteiger partial charge in [-0.05, 0) is 41.8 Å². The third-order valence-electron chi connectivity index (χ3n) is 5.25. The quantitative estimate of drug-likeness (QED) is 0.541. The van der Waals surface area contributed by atoms with E-state index < -0.39 is 11.7 Å². The van der Waals surface area contributed by atoms with Crippen LogP contribution in [0.25, 0.3) is 0 Å². The lowest BCUT2D eigenvalue weighted by Crippen LogP contribution is -2.44. The van der Waals surface area contributed by atoms with Crippen LogP contribution in [-0.2, 0) is 19.3 Å². The zero-order valence-corrected chi connectivity index (χ0v) is 18.1. The highest BCUT2D eigenvalue weighted by molar-refractivity contribution is 5.80. The van der Waals surface area contributed by atoms with E-state index in [0.29, 0.717) is 13.1 Å². The van der Waals surface area contributed by atoms with E-state index in [4.69, 9.17) is 0 Å². The highest BCUT2D eigenvalue weighted by atomic mass is 19.4. The highest BCUT2D eigenvalue weighted by Gasteiger charge is 2.30. The van der Waals surface area contributed by atoms with E-state index in [1.807, 2.05) is 31.1 Å². The third-order valence-corrected chi connectivity index (χ3v) is 5.25. The molecule has 168 valence electrons. The predicted molar refractivity (Wildman–Crippen MR) is 117 cm³/mol. The van der Waals surface area contributed by atoms with Crippen molar-refractivity contribution in [3.8, 4) is 0 Å². The maximum Gasteiger partial charge on any atom is 0.416 e. The molecule has 2 N–H and O–H groups in total. The number of rotatable bonds is 6. The fraction of sp³-hybridized carbons (Fsp3) is 0.455. The molecule has 0 bridgehead atoms. The molecule has 1 unspecified atom stereocenters. The van der Waals surface area contributed by atoms with Crippen molar-refractivity contribution in [1.82, 2.24) is 20.5 Å². The lowest BCUT2D eigenvalue weighted by atomic mass is 10.1. The molecule has 9 heteroatoms. The molecule has 3 rings (SSSR count). The zero-order chi connectivity index (χ0) is 22.4. The van der Waals surface area contributed by atoms with Gasteiger partial charge in [0.25, 0.3) is 0 Å². The fourth-order valence-electron chi connectivity index (χ4n) is 3.54. The van der Waals surface area contributed by atoms with Crippen LogP contribution in [-0.4, -0.2) is 56.1 Å². The van der Waals surface area contributed by atoms with Crippen LogP contribution in [0.4, 0.5) is 19.0 Å². The number of likely N-dealkylation sites (tertiary alicyclic amines) is 1. The third kappa shape index (κ3) is 6.58. The van der Waals surface area contributed by atoms with Crippen LogP contribution in [0.2, 0.25) is 0 Å². The number of hydrogen-bond acceptors (Lipinski definition) is 4. The SMILES string of the molecule is CN=C(NCc1ccnc(N(C)C)c1)NC1CCN(Cc2ccc(C(F)(F)F)cc2)C1. The van der Waals surface area contributed by atoms with Crippen LogP contribution < -0.4 is 15.5 Å². The van der Waals surface area contributed by atoms with E-state index in [2.05, 4.69) is 25.5 Å². The van der Waals surface area contributed by atoms with Crippen LogP contribution in [0.5, 0.6) is 0 Å². The summed E-state index contributed by atoms with van der Waals surface area (Å²) in [6.45, 7) is 2.95. The maximum atomic E-state index is 12.7. The van der Waals surface area contributed by atoms with E-state index in [0.717, 1.165) is 54.5 Å². The molecule has 2 aromatic rings. The summed E-state index contributed by atoms with van der Waals surface area (Å²) in [4.78, 5) is 12.8. The lowest BCUT2D eigenvalue weighted by molar-refractivity contribution is -0.137. The molecule has 31 heavy (non-hydrogen) atoms. The molecule has 1 atom stereocenters. The van der Waals surface area contributed by atoms with Gasteiger partial charge in [0.05, 0.1) is 5.56 Å². The normalized spacial score (nSPS) is 17.6. The topological polar surface area (TPSA) is 55.8 Å². The molecule has 1 aromatic carbocycles. The van der Waals surface area contributed by atoms with Crippen LogP contribution in [0.3, 0.4) is 0 Å². The minimum Gasteiger partial charge on any atom is -0.363 e. The Labute approximate surface area is 181 Å². The molecule has 0 saturated carbocycles. The molecule has 1 saturated heterocycles. The summed E-state index contributed by atoms with van der Waals surface area (Å²) in [5, 5.41) is 6.77. The Hall–Kier alpha value is -2.81. The number of aliphatic imine (C=N–C) groups is 1. The first kappa shape index (κ1) is 22.9. The Morgan fingerprint density at radius 3 is 2.58 bits per heavy atom. The van der Waals surface area contributed by atoms with Gasteiger partial charge >= 0.3 is 6.18 Å². The minimum absolute atomic E-state index is 0.232. The monoisotopic (exact) mass is 434 g/mol. The Bertz CT molecular complexity index is 880. The number of halogens is 3. The van der Waals surface area contributed by atoms with Gasteiger partial charge in [-0.2, -0.15) is 13.2 Å². The highest BCUT2D eigenvalue weighted by Crippen LogP contribution is 2.29. The Balaban J connectivity index is 1.47. The van der Waals surface area contributed by atoms with Gasteiger partial charge in [0.15, 0.2) is 5.96 Å². The van der Waals surface area contributed by atoms with Gasteiger partial charge in [-0.15, -0.1) is 0 Å². The van der Waals surface area contributed by atoms with Crippen molar-refractivity contribution in [2.45, 2.75) is 31.7 Å². The number of anilines is 1. The Morgan fingerprint density at radius 1 is 1.19 bits per heavy atom. The first-order valence-corrected chi connectivity index (χ1v) is 10.2. The molecule has 1 aliphatic heterocycles. The van der Waals surface area contributed by atoms with Gasteiger partial charge in [0.2, 0.25) is 0 Å². The second kappa shape index (κ2) is 10.00. The van der Waals surface area contributed by atoms with E-state index in [1.54, 1.807) is 25.4 Å². The number of pyridine rings is 1. The zero-order valence-electron chi connectivity index (χ0n) is 18.1. The number of hydrogen-bond donors (Lipinski definition) is 2. The molecule has 1 fully saturated rings. The smallest absolute Gasteiger partial charge is 0.363 e. The molecular formula is C22H29F3N6. The first-order valence-electron chi connectivity index (χ1n) is 10.2. The average molecular weight is 435 g/mol. The molecule has 0 aliphatic carbocycles. The Kier molecular flexibility index (Phi) is 7.37. The van der Waals surface area contributed by atoms with Gasteiger partial charge in [-0.25, -0.2) is 4.98 Å². The number of nitrogens with one attached hydrogen (secondary N) is 2. The van der Waals surface area contributed by atoms with Gasteiger partial charge in [-0.1, -0.05) is 12.1 Å². The van der Waals surface area contributed by atoms with E-state index in [1.165, 1.54) is 0 Å². The summed E-state index contributed by atoms with van der Waals surface area (Å²) in [5.41, 5.74) is 1.38. The van der Waals surface area contributed by atoms with Crippen LogP contribution in [0, 0.1) is 0 Å². The second-order valence-electron chi connectivity index (χ2n) is 7.90. The number of aromatic nitrogens is 1. The molecule has 1 aromatic heterocycles. The second-order valence-corrected chi connectivity index (χ2v) is 7.90. The van der Waals surface area contributed by atoms with Gasteiger partial charge in [-0.3, -0.25) is 9.89 Å². The molecular weight excluding hydrogens is 405 g/mol. The van der Waals surface area contributed by atoms with E-state index in [9.17, 15) is 13.2 Å². The van der Waals surface area contributed by atoms with Crippen molar-refractivity contribution >= 4 is 11.8 Å².